The lowest BCUT2D eigenvalue weighted by Crippen LogP contribution is -2.09. The van der Waals surface area contributed by atoms with Crippen molar-refractivity contribution in [1.82, 2.24) is 19.9 Å². The topological polar surface area (TPSA) is 83.4 Å². The highest BCUT2D eigenvalue weighted by molar-refractivity contribution is 5.87. The third-order valence-corrected chi connectivity index (χ3v) is 6.39. The van der Waals surface area contributed by atoms with Gasteiger partial charge in [-0.2, -0.15) is 13.2 Å². The van der Waals surface area contributed by atoms with Crippen molar-refractivity contribution in [2.45, 2.75) is 12.2 Å². The summed E-state index contributed by atoms with van der Waals surface area (Å²) < 4.78 is 38.9. The van der Waals surface area contributed by atoms with Crippen molar-refractivity contribution in [3.05, 3.63) is 108 Å². The van der Waals surface area contributed by atoms with Crippen LogP contribution in [0.25, 0.3) is 44.6 Å². The lowest BCUT2D eigenvalue weighted by atomic mass is 9.99. The largest absolute Gasteiger partial charge is 0.416 e. The number of imidazole rings is 1. The maximum atomic E-state index is 13.0. The highest BCUT2D eigenvalue weighted by Gasteiger charge is 2.31. The molecule has 1 atom stereocenters. The molecule has 1 unspecified atom stereocenters. The number of aromatic amines is 2. The highest BCUT2D eigenvalue weighted by atomic mass is 19.4. The quantitative estimate of drug-likeness (QED) is 0.239. The SMILES string of the molecule is NC1c2ccccc2-c2cccc(-c3nc4ccc(C(F)(F)F)cc4[nH]3)c21.c1cnc2[nH]ccc2c1. The second kappa shape index (κ2) is 8.35. The Balaban J connectivity index is 0.000000223. The fraction of sp³-hybridized carbons (Fsp3) is 0.0714. The summed E-state index contributed by atoms with van der Waals surface area (Å²) in [6, 6.07) is 22.9. The number of nitrogens with one attached hydrogen (secondary N) is 2. The molecule has 7 rings (SSSR count). The molecule has 0 spiro atoms. The lowest BCUT2D eigenvalue weighted by molar-refractivity contribution is -0.137. The second-order valence-corrected chi connectivity index (χ2v) is 8.57. The van der Waals surface area contributed by atoms with Crippen molar-refractivity contribution in [2.75, 3.05) is 0 Å². The van der Waals surface area contributed by atoms with Crippen LogP contribution in [0.1, 0.15) is 22.7 Å². The van der Waals surface area contributed by atoms with E-state index in [2.05, 4.69) is 19.9 Å². The highest BCUT2D eigenvalue weighted by Crippen LogP contribution is 2.46. The minimum absolute atomic E-state index is 0.300. The molecule has 36 heavy (non-hydrogen) atoms. The number of nitrogens with two attached hydrogens (primary N) is 1. The molecule has 178 valence electrons. The van der Waals surface area contributed by atoms with Crippen molar-refractivity contribution < 1.29 is 13.2 Å². The summed E-state index contributed by atoms with van der Waals surface area (Å²) in [4.78, 5) is 14.6. The van der Waals surface area contributed by atoms with Gasteiger partial charge in [-0.3, -0.25) is 0 Å². The molecular weight excluding hydrogens is 463 g/mol. The first kappa shape index (κ1) is 22.1. The van der Waals surface area contributed by atoms with Crippen LogP contribution >= 0.6 is 0 Å². The van der Waals surface area contributed by atoms with Gasteiger partial charge in [0.1, 0.15) is 11.5 Å². The molecule has 0 aliphatic heterocycles. The smallest absolute Gasteiger partial charge is 0.346 e. The summed E-state index contributed by atoms with van der Waals surface area (Å²) in [5.41, 5.74) is 12.5. The van der Waals surface area contributed by atoms with Gasteiger partial charge in [-0.15, -0.1) is 0 Å². The fourth-order valence-corrected chi connectivity index (χ4v) is 4.71. The summed E-state index contributed by atoms with van der Waals surface area (Å²) in [5, 5.41) is 1.16. The molecule has 6 aromatic rings. The average Bonchev–Trinajstić information content (AvgIpc) is 3.60. The molecule has 0 bridgehead atoms. The Morgan fingerprint density at radius 3 is 2.47 bits per heavy atom. The van der Waals surface area contributed by atoms with E-state index >= 15 is 0 Å². The Bertz CT molecular complexity index is 1680. The minimum Gasteiger partial charge on any atom is -0.346 e. The van der Waals surface area contributed by atoms with Gasteiger partial charge in [-0.1, -0.05) is 42.5 Å². The van der Waals surface area contributed by atoms with E-state index in [9.17, 15) is 13.2 Å². The lowest BCUT2D eigenvalue weighted by Gasteiger charge is -2.11. The van der Waals surface area contributed by atoms with Gasteiger partial charge in [0.05, 0.1) is 22.6 Å². The van der Waals surface area contributed by atoms with E-state index < -0.39 is 11.7 Å². The van der Waals surface area contributed by atoms with Crippen molar-refractivity contribution in [1.29, 1.82) is 0 Å². The van der Waals surface area contributed by atoms with Crippen molar-refractivity contribution >= 4 is 22.1 Å². The standard InChI is InChI=1S/C21H14F3N3.C7H6N2/c22-21(23,24)11-8-9-16-17(10-11)27-20(26-16)15-7-3-6-13-12-4-1-2-5-14(12)19(25)18(13)15;1-2-6-3-5-9-7(6)8-4-1/h1-10,19H,25H2,(H,26,27);1-5H,(H,8,9). The number of H-pyrrole nitrogens is 2. The van der Waals surface area contributed by atoms with E-state index in [0.29, 0.717) is 16.9 Å². The van der Waals surface area contributed by atoms with Gasteiger partial charge in [0.15, 0.2) is 0 Å². The van der Waals surface area contributed by atoms with Gasteiger partial charge in [0, 0.05) is 23.3 Å². The molecule has 0 amide bonds. The molecule has 3 aromatic carbocycles. The van der Waals surface area contributed by atoms with Crippen molar-refractivity contribution in [3.8, 4) is 22.5 Å². The van der Waals surface area contributed by atoms with Crippen LogP contribution in [0.3, 0.4) is 0 Å². The molecule has 0 saturated carbocycles. The van der Waals surface area contributed by atoms with E-state index in [4.69, 9.17) is 5.73 Å². The van der Waals surface area contributed by atoms with Gasteiger partial charge in [-0.05, 0) is 58.7 Å². The van der Waals surface area contributed by atoms with Gasteiger partial charge in [-0.25, -0.2) is 9.97 Å². The summed E-state index contributed by atoms with van der Waals surface area (Å²) in [5.74, 6) is 0.518. The van der Waals surface area contributed by atoms with Gasteiger partial charge < -0.3 is 15.7 Å². The number of fused-ring (bicyclic) bond motifs is 5. The predicted octanol–water partition coefficient (Wildman–Crippen LogP) is 6.84. The summed E-state index contributed by atoms with van der Waals surface area (Å²) >= 11 is 0. The number of hydrogen-bond donors (Lipinski definition) is 3. The number of nitrogens with zero attached hydrogens (tertiary/aromatic N) is 2. The maximum Gasteiger partial charge on any atom is 0.416 e. The zero-order chi connectivity index (χ0) is 24.9. The summed E-state index contributed by atoms with van der Waals surface area (Å²) in [6.07, 6.45) is -0.728. The molecule has 8 heteroatoms. The Morgan fingerprint density at radius 2 is 1.64 bits per heavy atom. The van der Waals surface area contributed by atoms with E-state index in [1.54, 1.807) is 6.20 Å². The average molecular weight is 483 g/mol. The molecule has 1 aliphatic carbocycles. The Morgan fingerprint density at radius 1 is 0.833 bits per heavy atom. The third-order valence-electron chi connectivity index (χ3n) is 6.39. The molecule has 0 saturated heterocycles. The zero-order valence-corrected chi connectivity index (χ0v) is 18.8. The van der Waals surface area contributed by atoms with Crippen LogP contribution in [0.2, 0.25) is 0 Å². The number of alkyl halides is 3. The zero-order valence-electron chi connectivity index (χ0n) is 18.8. The van der Waals surface area contributed by atoms with Crippen LogP contribution in [0, 0.1) is 0 Å². The molecular formula is C28H20F3N5. The van der Waals surface area contributed by atoms with Gasteiger partial charge >= 0.3 is 6.18 Å². The van der Waals surface area contributed by atoms with Crippen molar-refractivity contribution in [3.63, 3.8) is 0 Å². The normalized spacial score (nSPS) is 14.4. The van der Waals surface area contributed by atoms with Crippen LogP contribution in [-0.4, -0.2) is 19.9 Å². The van der Waals surface area contributed by atoms with Crippen LogP contribution < -0.4 is 5.73 Å². The molecule has 0 fully saturated rings. The monoisotopic (exact) mass is 483 g/mol. The Hall–Kier alpha value is -4.43. The molecule has 4 N–H and O–H groups in total. The number of pyridine rings is 1. The molecule has 3 heterocycles. The maximum absolute atomic E-state index is 13.0. The first-order valence-electron chi connectivity index (χ1n) is 11.3. The molecule has 1 aliphatic rings. The number of benzene rings is 3. The van der Waals surface area contributed by atoms with E-state index in [1.807, 2.05) is 66.9 Å². The number of rotatable bonds is 1. The van der Waals surface area contributed by atoms with E-state index in [1.165, 1.54) is 6.07 Å². The summed E-state index contributed by atoms with van der Waals surface area (Å²) in [7, 11) is 0. The molecule has 3 aromatic heterocycles. The van der Waals surface area contributed by atoms with E-state index in [-0.39, 0.29) is 6.04 Å². The van der Waals surface area contributed by atoms with Crippen LogP contribution in [0.5, 0.6) is 0 Å². The molecule has 5 nitrogen and oxygen atoms in total. The Kier molecular flexibility index (Phi) is 5.12. The van der Waals surface area contributed by atoms with Crippen LogP contribution in [-0.2, 0) is 6.18 Å². The van der Waals surface area contributed by atoms with Crippen LogP contribution in [0.15, 0.2) is 91.3 Å². The fourth-order valence-electron chi connectivity index (χ4n) is 4.71. The van der Waals surface area contributed by atoms with Crippen molar-refractivity contribution in [2.24, 2.45) is 5.73 Å². The number of hydrogen-bond acceptors (Lipinski definition) is 3. The predicted molar refractivity (Wildman–Crippen MR) is 134 cm³/mol. The van der Waals surface area contributed by atoms with Gasteiger partial charge in [0.25, 0.3) is 0 Å². The Labute approximate surface area is 203 Å². The first-order valence-corrected chi connectivity index (χ1v) is 11.3. The number of halogens is 3. The first-order chi connectivity index (χ1) is 17.4. The second-order valence-electron chi connectivity index (χ2n) is 8.57. The number of aromatic nitrogens is 4. The van der Waals surface area contributed by atoms with Crippen LogP contribution in [0.4, 0.5) is 13.2 Å². The minimum atomic E-state index is -4.39. The molecule has 0 radical (unpaired) electrons. The van der Waals surface area contributed by atoms with Gasteiger partial charge in [0.2, 0.25) is 0 Å². The third kappa shape index (κ3) is 3.72. The van der Waals surface area contributed by atoms with E-state index in [0.717, 1.165) is 51.0 Å². The summed E-state index contributed by atoms with van der Waals surface area (Å²) in [6.45, 7) is 0.